The molecule has 2 aromatic carbocycles. The number of anilines is 1. The first-order valence-corrected chi connectivity index (χ1v) is 9.34. The molecule has 1 spiro atoms. The number of alkyl halides is 3. The molecule has 2 heterocycles. The predicted octanol–water partition coefficient (Wildman–Crippen LogP) is 4.93. The zero-order chi connectivity index (χ0) is 18.9. The molecule has 0 aliphatic carbocycles. The van der Waals surface area contributed by atoms with Gasteiger partial charge in [-0.25, -0.2) is 0 Å². The molecule has 0 aromatic heterocycles. The summed E-state index contributed by atoms with van der Waals surface area (Å²) in [7, 11) is 0. The number of benzene rings is 2. The third-order valence-corrected chi connectivity index (χ3v) is 5.55. The van der Waals surface area contributed by atoms with Crippen LogP contribution in [0.15, 0.2) is 48.5 Å². The molecule has 2 aliphatic heterocycles. The van der Waals surface area contributed by atoms with Crippen LogP contribution in [-0.4, -0.2) is 30.1 Å². The Labute approximate surface area is 157 Å². The molecule has 0 atom stereocenters. The molecule has 2 aliphatic rings. The molecule has 6 heteroatoms. The molecule has 1 N–H and O–H groups in total. The lowest BCUT2D eigenvalue weighted by molar-refractivity contribution is -0.137. The summed E-state index contributed by atoms with van der Waals surface area (Å²) in [6.45, 7) is 3.38. The van der Waals surface area contributed by atoms with Crippen molar-refractivity contribution in [2.24, 2.45) is 0 Å². The highest BCUT2D eigenvalue weighted by atomic mass is 19.4. The number of nitrogens with zero attached hydrogens (tertiary/aromatic N) is 1. The van der Waals surface area contributed by atoms with Crippen molar-refractivity contribution < 1.29 is 17.9 Å². The summed E-state index contributed by atoms with van der Waals surface area (Å²) in [4.78, 5) is 2.41. The van der Waals surface area contributed by atoms with Crippen LogP contribution in [0.2, 0.25) is 0 Å². The monoisotopic (exact) mass is 376 g/mol. The molecule has 144 valence electrons. The molecule has 0 radical (unpaired) electrons. The van der Waals surface area contributed by atoms with Gasteiger partial charge in [-0.1, -0.05) is 30.3 Å². The highest BCUT2D eigenvalue weighted by Crippen LogP contribution is 2.41. The van der Waals surface area contributed by atoms with Gasteiger partial charge in [0, 0.05) is 32.6 Å². The maximum absolute atomic E-state index is 13.0. The molecule has 0 bridgehead atoms. The van der Waals surface area contributed by atoms with Gasteiger partial charge in [0.05, 0.1) is 11.3 Å². The van der Waals surface area contributed by atoms with Crippen LogP contribution in [0, 0.1) is 0 Å². The maximum atomic E-state index is 13.0. The highest BCUT2D eigenvalue weighted by Gasteiger charge is 2.39. The molecule has 1 fully saturated rings. The zero-order valence-electron chi connectivity index (χ0n) is 15.1. The second-order valence-corrected chi connectivity index (χ2v) is 7.43. The Balaban J connectivity index is 1.44. The van der Waals surface area contributed by atoms with E-state index in [2.05, 4.69) is 22.3 Å². The van der Waals surface area contributed by atoms with Gasteiger partial charge in [0.25, 0.3) is 0 Å². The smallest absolute Gasteiger partial charge is 0.416 e. The van der Waals surface area contributed by atoms with Crippen molar-refractivity contribution in [2.45, 2.75) is 37.6 Å². The molecule has 0 saturated carbocycles. The number of rotatable bonds is 2. The number of ether oxygens (including phenoxy) is 1. The number of likely N-dealkylation sites (tertiary alicyclic amines) is 1. The molecule has 0 unspecified atom stereocenters. The van der Waals surface area contributed by atoms with Gasteiger partial charge in [-0.05, 0) is 36.6 Å². The molecule has 0 amide bonds. The van der Waals surface area contributed by atoms with Gasteiger partial charge in [-0.2, -0.15) is 13.2 Å². The second-order valence-electron chi connectivity index (χ2n) is 7.43. The van der Waals surface area contributed by atoms with Crippen LogP contribution < -0.4 is 10.1 Å². The van der Waals surface area contributed by atoms with E-state index >= 15 is 0 Å². The molecule has 27 heavy (non-hydrogen) atoms. The van der Waals surface area contributed by atoms with Gasteiger partial charge < -0.3 is 10.1 Å². The van der Waals surface area contributed by atoms with Crippen molar-refractivity contribution in [3.8, 4) is 5.75 Å². The minimum Gasteiger partial charge on any atom is -0.485 e. The lowest BCUT2D eigenvalue weighted by Crippen LogP contribution is -2.48. The molecule has 3 nitrogen and oxygen atoms in total. The van der Waals surface area contributed by atoms with Crippen molar-refractivity contribution in [1.82, 2.24) is 4.90 Å². The van der Waals surface area contributed by atoms with Gasteiger partial charge in [-0.15, -0.1) is 0 Å². The first-order chi connectivity index (χ1) is 12.9. The van der Waals surface area contributed by atoms with Gasteiger partial charge in [0.15, 0.2) is 0 Å². The van der Waals surface area contributed by atoms with Gasteiger partial charge in [0.2, 0.25) is 0 Å². The van der Waals surface area contributed by atoms with E-state index in [4.69, 9.17) is 4.74 Å². The minimum absolute atomic E-state index is 0.300. The van der Waals surface area contributed by atoms with E-state index in [1.165, 1.54) is 11.6 Å². The van der Waals surface area contributed by atoms with E-state index in [0.717, 1.165) is 51.0 Å². The van der Waals surface area contributed by atoms with Crippen LogP contribution >= 0.6 is 0 Å². The Morgan fingerprint density at radius 2 is 1.74 bits per heavy atom. The Kier molecular flexibility index (Phi) is 4.76. The molecule has 1 saturated heterocycles. The zero-order valence-corrected chi connectivity index (χ0v) is 15.1. The average Bonchev–Trinajstić information content (AvgIpc) is 2.82. The fraction of sp³-hybridized carbons (Fsp3) is 0.429. The van der Waals surface area contributed by atoms with E-state index in [0.29, 0.717) is 18.0 Å². The first-order valence-electron chi connectivity index (χ1n) is 9.34. The van der Waals surface area contributed by atoms with Crippen molar-refractivity contribution >= 4 is 5.69 Å². The lowest BCUT2D eigenvalue weighted by Gasteiger charge is -2.41. The summed E-state index contributed by atoms with van der Waals surface area (Å²) < 4.78 is 45.2. The van der Waals surface area contributed by atoms with Crippen molar-refractivity contribution in [1.29, 1.82) is 0 Å². The van der Waals surface area contributed by atoms with Crippen molar-refractivity contribution in [3.05, 3.63) is 59.7 Å². The fourth-order valence-corrected chi connectivity index (χ4v) is 3.96. The number of hydrogen-bond acceptors (Lipinski definition) is 3. The summed E-state index contributed by atoms with van der Waals surface area (Å²) in [5.41, 5.74) is 0.784. The van der Waals surface area contributed by atoms with Gasteiger partial charge in [0.1, 0.15) is 11.4 Å². The summed E-state index contributed by atoms with van der Waals surface area (Å²) in [6, 6.07) is 14.1. The number of hydrogen-bond donors (Lipinski definition) is 1. The largest absolute Gasteiger partial charge is 0.485 e. The topological polar surface area (TPSA) is 24.5 Å². The fourth-order valence-electron chi connectivity index (χ4n) is 3.96. The SMILES string of the molecule is FC(F)(F)c1ccc2c(c1)NCCC1(CCN(Cc3ccccc3)CC1)O2. The Bertz CT molecular complexity index is 784. The number of piperidine rings is 1. The predicted molar refractivity (Wildman–Crippen MR) is 98.9 cm³/mol. The Morgan fingerprint density at radius 1 is 1.00 bits per heavy atom. The van der Waals surface area contributed by atoms with Crippen LogP contribution in [-0.2, 0) is 12.7 Å². The van der Waals surface area contributed by atoms with Crippen molar-refractivity contribution in [3.63, 3.8) is 0 Å². The number of nitrogens with one attached hydrogen (secondary N) is 1. The molecule has 4 rings (SSSR count). The maximum Gasteiger partial charge on any atom is 0.416 e. The number of halogens is 3. The van der Waals surface area contributed by atoms with E-state index < -0.39 is 11.7 Å². The number of fused-ring (bicyclic) bond motifs is 1. The van der Waals surface area contributed by atoms with E-state index in [1.54, 1.807) is 0 Å². The van der Waals surface area contributed by atoms with Crippen LogP contribution in [0.1, 0.15) is 30.4 Å². The van der Waals surface area contributed by atoms with E-state index in [9.17, 15) is 13.2 Å². The molecular formula is C21H23F3N2O. The third-order valence-electron chi connectivity index (χ3n) is 5.55. The summed E-state index contributed by atoms with van der Waals surface area (Å²) in [5.74, 6) is 0.525. The minimum atomic E-state index is -4.34. The van der Waals surface area contributed by atoms with Crippen molar-refractivity contribution in [2.75, 3.05) is 25.0 Å². The molecular weight excluding hydrogens is 353 g/mol. The highest BCUT2D eigenvalue weighted by molar-refractivity contribution is 5.59. The van der Waals surface area contributed by atoms with Crippen LogP contribution in [0.4, 0.5) is 18.9 Å². The standard InChI is InChI=1S/C21H23F3N2O/c22-21(23,24)17-6-7-19-18(14-17)25-11-8-20(27-19)9-12-26(13-10-20)15-16-4-2-1-3-5-16/h1-7,14,25H,8-13,15H2. The van der Waals surface area contributed by atoms with Crippen LogP contribution in [0.3, 0.4) is 0 Å². The van der Waals surface area contributed by atoms with Crippen LogP contribution in [0.25, 0.3) is 0 Å². The normalized spacial score (nSPS) is 19.7. The summed E-state index contributed by atoms with van der Waals surface area (Å²) in [5, 5.41) is 3.12. The lowest BCUT2D eigenvalue weighted by atomic mass is 9.87. The van der Waals surface area contributed by atoms with E-state index in [-0.39, 0.29) is 5.60 Å². The van der Waals surface area contributed by atoms with Gasteiger partial charge >= 0.3 is 6.18 Å². The first kappa shape index (κ1) is 18.2. The van der Waals surface area contributed by atoms with E-state index in [1.807, 2.05) is 18.2 Å². The Morgan fingerprint density at radius 3 is 2.44 bits per heavy atom. The summed E-state index contributed by atoms with van der Waals surface area (Å²) in [6.07, 6.45) is -1.80. The molecule has 2 aromatic rings. The quantitative estimate of drug-likeness (QED) is 0.804. The summed E-state index contributed by atoms with van der Waals surface area (Å²) >= 11 is 0. The average molecular weight is 376 g/mol. The Hall–Kier alpha value is -2.21. The van der Waals surface area contributed by atoms with Crippen LogP contribution in [0.5, 0.6) is 5.75 Å². The second kappa shape index (κ2) is 7.08. The third kappa shape index (κ3) is 4.05. The van der Waals surface area contributed by atoms with Gasteiger partial charge in [-0.3, -0.25) is 4.90 Å².